The van der Waals surface area contributed by atoms with E-state index in [1.54, 1.807) is 35.7 Å². The number of carbonyl (C=O) groups excluding carboxylic acids is 3. The standard InChI is InChI=1S/C18H21FN2O4S/c1-10-4-5-12(8-13(10)19)20-16(23)11(2)25-17(24)14-9-26-18(3)7-6-15(22)21(14)18/h4-5,8,11,14H,6-7,9H2,1-3H3,(H,20,23)/t11-,14-,18+/m1/s1. The molecule has 2 aliphatic heterocycles. The van der Waals surface area contributed by atoms with E-state index >= 15 is 0 Å². The fraction of sp³-hybridized carbons (Fsp3) is 0.500. The van der Waals surface area contributed by atoms with Gasteiger partial charge in [-0.1, -0.05) is 6.07 Å². The molecule has 1 aromatic rings. The number of halogens is 1. The average molecular weight is 380 g/mol. The number of nitrogens with zero attached hydrogens (tertiary/aromatic N) is 1. The van der Waals surface area contributed by atoms with Crippen LogP contribution in [0.4, 0.5) is 10.1 Å². The summed E-state index contributed by atoms with van der Waals surface area (Å²) in [5, 5.41) is 2.53. The Bertz CT molecular complexity index is 772. The van der Waals surface area contributed by atoms with Crippen LogP contribution in [0.15, 0.2) is 18.2 Å². The molecule has 0 spiro atoms. The molecule has 3 rings (SSSR count). The number of nitrogens with one attached hydrogen (secondary N) is 1. The van der Waals surface area contributed by atoms with Gasteiger partial charge in [-0.25, -0.2) is 9.18 Å². The molecule has 2 heterocycles. The number of aryl methyl sites for hydroxylation is 1. The van der Waals surface area contributed by atoms with Crippen LogP contribution in [0, 0.1) is 12.7 Å². The maximum Gasteiger partial charge on any atom is 0.330 e. The average Bonchev–Trinajstić information content (AvgIpc) is 3.07. The van der Waals surface area contributed by atoms with E-state index in [4.69, 9.17) is 4.74 Å². The lowest BCUT2D eigenvalue weighted by molar-refractivity contribution is -0.160. The fourth-order valence-corrected chi connectivity index (χ4v) is 4.63. The summed E-state index contributed by atoms with van der Waals surface area (Å²) in [6, 6.07) is 3.67. The third-order valence-electron chi connectivity index (χ3n) is 4.82. The molecule has 2 amide bonds. The summed E-state index contributed by atoms with van der Waals surface area (Å²) in [5.74, 6) is -1.18. The van der Waals surface area contributed by atoms with Crippen LogP contribution >= 0.6 is 11.8 Å². The second-order valence-corrected chi connectivity index (χ2v) is 8.30. The van der Waals surface area contributed by atoms with Crippen molar-refractivity contribution in [3.8, 4) is 0 Å². The second-order valence-electron chi connectivity index (χ2n) is 6.80. The lowest BCUT2D eigenvalue weighted by Gasteiger charge is -2.29. The molecule has 140 valence electrons. The zero-order valence-electron chi connectivity index (χ0n) is 14.9. The van der Waals surface area contributed by atoms with Crippen LogP contribution in [0.25, 0.3) is 0 Å². The van der Waals surface area contributed by atoms with Gasteiger partial charge in [0.15, 0.2) is 6.10 Å². The smallest absolute Gasteiger partial charge is 0.330 e. The third-order valence-corrected chi connectivity index (χ3v) is 6.32. The second kappa shape index (κ2) is 6.90. The largest absolute Gasteiger partial charge is 0.451 e. The first-order valence-corrected chi connectivity index (χ1v) is 9.43. The highest BCUT2D eigenvalue weighted by Gasteiger charge is 2.53. The third kappa shape index (κ3) is 3.42. The van der Waals surface area contributed by atoms with Crippen LogP contribution < -0.4 is 5.32 Å². The molecule has 0 saturated carbocycles. The minimum absolute atomic E-state index is 0.0633. The van der Waals surface area contributed by atoms with Crippen LogP contribution in [0.1, 0.15) is 32.3 Å². The number of fused-ring (bicyclic) bond motifs is 1. The van der Waals surface area contributed by atoms with E-state index in [1.165, 1.54) is 13.0 Å². The van der Waals surface area contributed by atoms with Crippen LogP contribution in [0.3, 0.4) is 0 Å². The number of anilines is 1. The summed E-state index contributed by atoms with van der Waals surface area (Å²) in [5.41, 5.74) is 0.763. The number of amides is 2. The maximum absolute atomic E-state index is 13.6. The van der Waals surface area contributed by atoms with Gasteiger partial charge in [-0.15, -0.1) is 11.8 Å². The molecule has 26 heavy (non-hydrogen) atoms. The zero-order chi connectivity index (χ0) is 19.1. The minimum atomic E-state index is -1.05. The Labute approximate surface area is 155 Å². The summed E-state index contributed by atoms with van der Waals surface area (Å²) in [6.45, 7) is 5.02. The molecule has 0 radical (unpaired) electrons. The van der Waals surface area contributed by atoms with Gasteiger partial charge in [-0.05, 0) is 44.9 Å². The molecule has 1 N–H and O–H groups in total. The summed E-state index contributed by atoms with van der Waals surface area (Å²) in [7, 11) is 0. The van der Waals surface area contributed by atoms with Crippen molar-refractivity contribution in [2.75, 3.05) is 11.1 Å². The number of rotatable bonds is 4. The number of carbonyl (C=O) groups is 3. The quantitative estimate of drug-likeness (QED) is 0.812. The number of ether oxygens (including phenoxy) is 1. The summed E-state index contributed by atoms with van der Waals surface area (Å²) in [4.78, 5) is 38.0. The van der Waals surface area contributed by atoms with Gasteiger partial charge in [0.2, 0.25) is 5.91 Å². The molecule has 2 fully saturated rings. The van der Waals surface area contributed by atoms with E-state index < -0.39 is 29.8 Å². The highest BCUT2D eigenvalue weighted by Crippen LogP contribution is 2.47. The van der Waals surface area contributed by atoms with Crippen molar-refractivity contribution in [3.63, 3.8) is 0 Å². The molecule has 0 aromatic heterocycles. The Morgan fingerprint density at radius 3 is 2.88 bits per heavy atom. The van der Waals surface area contributed by atoms with Gasteiger partial charge in [0, 0.05) is 17.9 Å². The van der Waals surface area contributed by atoms with E-state index in [9.17, 15) is 18.8 Å². The molecular weight excluding hydrogens is 359 g/mol. The molecule has 2 saturated heterocycles. The molecule has 3 atom stereocenters. The van der Waals surface area contributed by atoms with Crippen molar-refractivity contribution < 1.29 is 23.5 Å². The Balaban J connectivity index is 1.61. The topological polar surface area (TPSA) is 75.7 Å². The highest BCUT2D eigenvalue weighted by molar-refractivity contribution is 8.01. The number of benzene rings is 1. The Morgan fingerprint density at radius 2 is 2.19 bits per heavy atom. The lowest BCUT2D eigenvalue weighted by Crippen LogP contribution is -2.48. The van der Waals surface area contributed by atoms with Gasteiger partial charge in [-0.3, -0.25) is 9.59 Å². The zero-order valence-corrected chi connectivity index (χ0v) is 15.7. The van der Waals surface area contributed by atoms with E-state index in [0.29, 0.717) is 29.8 Å². The number of hydrogen-bond acceptors (Lipinski definition) is 5. The van der Waals surface area contributed by atoms with Crippen molar-refractivity contribution in [1.29, 1.82) is 0 Å². The maximum atomic E-state index is 13.6. The molecule has 0 unspecified atom stereocenters. The summed E-state index contributed by atoms with van der Waals surface area (Å²) in [6.07, 6.45) is 0.0684. The monoisotopic (exact) mass is 380 g/mol. The van der Waals surface area contributed by atoms with E-state index in [1.807, 2.05) is 6.92 Å². The van der Waals surface area contributed by atoms with Crippen LogP contribution in [-0.4, -0.2) is 45.5 Å². The molecule has 0 aliphatic carbocycles. The Kier molecular flexibility index (Phi) is 4.96. The number of esters is 1. The Morgan fingerprint density at radius 1 is 1.46 bits per heavy atom. The first-order chi connectivity index (χ1) is 12.2. The van der Waals surface area contributed by atoms with Gasteiger partial charge >= 0.3 is 5.97 Å². The summed E-state index contributed by atoms with van der Waals surface area (Å²) >= 11 is 1.56. The van der Waals surface area contributed by atoms with E-state index in [0.717, 1.165) is 0 Å². The number of thioether (sulfide) groups is 1. The molecule has 8 heteroatoms. The fourth-order valence-electron chi connectivity index (χ4n) is 3.22. The van der Waals surface area contributed by atoms with Gasteiger partial charge < -0.3 is 15.0 Å². The summed E-state index contributed by atoms with van der Waals surface area (Å²) < 4.78 is 18.8. The first-order valence-electron chi connectivity index (χ1n) is 8.45. The molecule has 1 aromatic carbocycles. The van der Waals surface area contributed by atoms with Crippen molar-refractivity contribution >= 4 is 35.2 Å². The lowest BCUT2D eigenvalue weighted by atomic mass is 10.2. The van der Waals surface area contributed by atoms with E-state index in [-0.39, 0.29) is 10.8 Å². The SMILES string of the molecule is Cc1ccc(NC(=O)[C@@H](C)OC(=O)[C@H]2CS[C@@]3(C)CCC(=O)N23)cc1F. The van der Waals surface area contributed by atoms with Gasteiger partial charge in [0.25, 0.3) is 5.91 Å². The molecular formula is C18H21FN2O4S. The molecule has 2 aliphatic rings. The highest BCUT2D eigenvalue weighted by atomic mass is 32.2. The van der Waals surface area contributed by atoms with Gasteiger partial charge in [0.1, 0.15) is 11.9 Å². The number of hydrogen-bond donors (Lipinski definition) is 1. The van der Waals surface area contributed by atoms with Crippen molar-refractivity contribution in [3.05, 3.63) is 29.6 Å². The van der Waals surface area contributed by atoms with Crippen LogP contribution in [-0.2, 0) is 19.1 Å². The van der Waals surface area contributed by atoms with Gasteiger partial charge in [-0.2, -0.15) is 0 Å². The Hall–Kier alpha value is -2.09. The predicted molar refractivity (Wildman–Crippen MR) is 96.1 cm³/mol. The first kappa shape index (κ1) is 18.7. The normalized spacial score (nSPS) is 25.8. The molecule has 0 bridgehead atoms. The molecule has 6 nitrogen and oxygen atoms in total. The van der Waals surface area contributed by atoms with Crippen molar-refractivity contribution in [2.24, 2.45) is 0 Å². The van der Waals surface area contributed by atoms with Crippen LogP contribution in [0.2, 0.25) is 0 Å². The van der Waals surface area contributed by atoms with Crippen LogP contribution in [0.5, 0.6) is 0 Å². The van der Waals surface area contributed by atoms with Crippen molar-refractivity contribution in [1.82, 2.24) is 4.90 Å². The minimum Gasteiger partial charge on any atom is -0.451 e. The van der Waals surface area contributed by atoms with Crippen molar-refractivity contribution in [2.45, 2.75) is 50.6 Å². The van der Waals surface area contributed by atoms with E-state index in [2.05, 4.69) is 5.32 Å². The van der Waals surface area contributed by atoms with Gasteiger partial charge in [0.05, 0.1) is 4.87 Å². The predicted octanol–water partition coefficient (Wildman–Crippen LogP) is 2.46.